The Labute approximate surface area is 125 Å². The molecule has 0 aromatic carbocycles. The lowest BCUT2D eigenvalue weighted by Gasteiger charge is -2.26. The van der Waals surface area contributed by atoms with Crippen LogP contribution in [0.5, 0.6) is 0 Å². The predicted octanol–water partition coefficient (Wildman–Crippen LogP) is 1.37. The van der Waals surface area contributed by atoms with E-state index in [1.165, 1.54) is 7.11 Å². The first-order valence-electron chi connectivity index (χ1n) is 7.43. The zero-order valence-corrected chi connectivity index (χ0v) is 13.0. The summed E-state index contributed by atoms with van der Waals surface area (Å²) in [5, 5.41) is 0. The Morgan fingerprint density at radius 1 is 1.52 bits per heavy atom. The highest BCUT2D eigenvalue weighted by Crippen LogP contribution is 2.26. The number of rotatable bonds is 5. The van der Waals surface area contributed by atoms with Gasteiger partial charge in [0.1, 0.15) is 11.4 Å². The van der Waals surface area contributed by atoms with E-state index in [1.807, 2.05) is 0 Å². The Morgan fingerprint density at radius 2 is 2.24 bits per heavy atom. The number of hydrogen-bond donors (Lipinski definition) is 1. The molecule has 6 heteroatoms. The topological polar surface area (TPSA) is 71.7 Å². The lowest BCUT2D eigenvalue weighted by atomic mass is 10.2. The number of nitrogens with zero attached hydrogens (tertiary/aromatic N) is 3. The van der Waals surface area contributed by atoms with Gasteiger partial charge in [-0.15, -0.1) is 0 Å². The van der Waals surface area contributed by atoms with Crippen LogP contribution in [0, 0.1) is 0 Å². The number of methoxy groups -OCH3 is 1. The summed E-state index contributed by atoms with van der Waals surface area (Å²) in [6, 6.07) is 2.14. The minimum absolute atomic E-state index is 0.393. The molecule has 0 bridgehead atoms. The molecule has 0 spiro atoms. The number of carbonyl (C=O) groups excluding carboxylic acids is 1. The second-order valence-corrected chi connectivity index (χ2v) is 5.24. The largest absolute Gasteiger partial charge is 0.465 e. The van der Waals surface area contributed by atoms with Crippen molar-refractivity contribution >= 4 is 17.5 Å². The van der Waals surface area contributed by atoms with Crippen LogP contribution in [0.15, 0.2) is 12.3 Å². The van der Waals surface area contributed by atoms with Gasteiger partial charge in [0, 0.05) is 19.1 Å². The van der Waals surface area contributed by atoms with E-state index in [1.54, 1.807) is 12.3 Å². The summed E-state index contributed by atoms with van der Waals surface area (Å²) in [6.07, 6.45) is 2.67. The van der Waals surface area contributed by atoms with Gasteiger partial charge in [-0.25, -0.2) is 9.78 Å². The molecule has 21 heavy (non-hydrogen) atoms. The van der Waals surface area contributed by atoms with Crippen molar-refractivity contribution in [1.29, 1.82) is 0 Å². The van der Waals surface area contributed by atoms with Crippen LogP contribution in [-0.2, 0) is 4.74 Å². The molecule has 1 unspecified atom stereocenters. The summed E-state index contributed by atoms with van der Waals surface area (Å²) in [4.78, 5) is 20.9. The summed E-state index contributed by atoms with van der Waals surface area (Å²) < 4.78 is 4.84. The first-order chi connectivity index (χ1) is 10.1. The highest BCUT2D eigenvalue weighted by molar-refractivity contribution is 5.95. The minimum atomic E-state index is -0.393. The summed E-state index contributed by atoms with van der Waals surface area (Å²) >= 11 is 0. The number of nitrogen functional groups attached to an aromatic ring is 1. The van der Waals surface area contributed by atoms with Gasteiger partial charge in [0.25, 0.3) is 0 Å². The minimum Gasteiger partial charge on any atom is -0.465 e. The van der Waals surface area contributed by atoms with Crippen molar-refractivity contribution in [2.75, 3.05) is 43.9 Å². The number of aromatic nitrogens is 1. The number of esters is 1. The van der Waals surface area contributed by atoms with E-state index in [2.05, 4.69) is 28.6 Å². The summed E-state index contributed by atoms with van der Waals surface area (Å²) in [7, 11) is 1.37. The highest BCUT2D eigenvalue weighted by atomic mass is 16.5. The number of pyridine rings is 1. The van der Waals surface area contributed by atoms with Gasteiger partial charge in [-0.05, 0) is 25.6 Å². The normalized spacial score (nSPS) is 18.3. The van der Waals surface area contributed by atoms with E-state index >= 15 is 0 Å². The quantitative estimate of drug-likeness (QED) is 0.827. The first kappa shape index (κ1) is 15.6. The van der Waals surface area contributed by atoms with E-state index in [-0.39, 0.29) is 0 Å². The number of likely N-dealkylation sites (N-methyl/N-ethyl adjacent to an activating group) is 1. The average Bonchev–Trinajstić information content (AvgIpc) is 2.97. The number of nitrogens with two attached hydrogens (primary N) is 1. The highest BCUT2D eigenvalue weighted by Gasteiger charge is 2.29. The Hall–Kier alpha value is -1.82. The van der Waals surface area contributed by atoms with Crippen molar-refractivity contribution in [3.63, 3.8) is 0 Å². The van der Waals surface area contributed by atoms with E-state index in [4.69, 9.17) is 10.5 Å². The van der Waals surface area contributed by atoms with Gasteiger partial charge in [0.15, 0.2) is 0 Å². The SMILES string of the molecule is CCN(CC)C1CCN(c2ncc(N)cc2C(=O)OC)C1. The molecule has 1 aromatic heterocycles. The van der Waals surface area contributed by atoms with Gasteiger partial charge >= 0.3 is 5.97 Å². The standard InChI is InChI=1S/C15H24N4O2/c1-4-18(5-2)12-6-7-19(10-12)14-13(15(20)21-3)8-11(16)9-17-14/h8-9,12H,4-7,10,16H2,1-3H3. The van der Waals surface area contributed by atoms with Crippen molar-refractivity contribution in [3.05, 3.63) is 17.8 Å². The van der Waals surface area contributed by atoms with Crippen LogP contribution in [0.25, 0.3) is 0 Å². The monoisotopic (exact) mass is 292 g/mol. The molecule has 2 rings (SSSR count). The molecule has 1 atom stereocenters. The second-order valence-electron chi connectivity index (χ2n) is 5.24. The Bertz CT molecular complexity index is 502. The smallest absolute Gasteiger partial charge is 0.341 e. The van der Waals surface area contributed by atoms with Crippen molar-refractivity contribution in [2.45, 2.75) is 26.3 Å². The maximum atomic E-state index is 11.9. The summed E-state index contributed by atoms with van der Waals surface area (Å²) in [5.41, 5.74) is 6.65. The third-order valence-corrected chi connectivity index (χ3v) is 4.08. The fourth-order valence-corrected chi connectivity index (χ4v) is 2.96. The van der Waals surface area contributed by atoms with Crippen LogP contribution in [0.2, 0.25) is 0 Å². The molecule has 2 N–H and O–H groups in total. The van der Waals surface area contributed by atoms with E-state index < -0.39 is 5.97 Å². The van der Waals surface area contributed by atoms with E-state index in [0.29, 0.717) is 23.1 Å². The average molecular weight is 292 g/mol. The van der Waals surface area contributed by atoms with Crippen molar-refractivity contribution < 1.29 is 9.53 Å². The number of carbonyl (C=O) groups is 1. The van der Waals surface area contributed by atoms with Crippen molar-refractivity contribution in [2.24, 2.45) is 0 Å². The van der Waals surface area contributed by atoms with Crippen LogP contribution in [0.3, 0.4) is 0 Å². The molecular formula is C15H24N4O2. The lowest BCUT2D eigenvalue weighted by molar-refractivity contribution is 0.0601. The van der Waals surface area contributed by atoms with Gasteiger partial charge in [-0.3, -0.25) is 4.90 Å². The van der Waals surface area contributed by atoms with Crippen LogP contribution < -0.4 is 10.6 Å². The Balaban J connectivity index is 2.21. The zero-order chi connectivity index (χ0) is 15.4. The third kappa shape index (κ3) is 3.26. The zero-order valence-electron chi connectivity index (χ0n) is 13.0. The van der Waals surface area contributed by atoms with Gasteiger partial charge in [-0.1, -0.05) is 13.8 Å². The molecule has 1 aliphatic heterocycles. The van der Waals surface area contributed by atoms with Gasteiger partial charge in [-0.2, -0.15) is 0 Å². The van der Waals surface area contributed by atoms with E-state index in [9.17, 15) is 4.79 Å². The summed E-state index contributed by atoms with van der Waals surface area (Å²) in [5.74, 6) is 0.279. The molecule has 0 radical (unpaired) electrons. The van der Waals surface area contributed by atoms with Crippen molar-refractivity contribution in [1.82, 2.24) is 9.88 Å². The summed E-state index contributed by atoms with van der Waals surface area (Å²) in [6.45, 7) is 8.19. The number of anilines is 2. The maximum Gasteiger partial charge on any atom is 0.341 e. The fourth-order valence-electron chi connectivity index (χ4n) is 2.96. The molecule has 0 saturated carbocycles. The first-order valence-corrected chi connectivity index (χ1v) is 7.43. The molecule has 1 aromatic rings. The fraction of sp³-hybridized carbons (Fsp3) is 0.600. The number of hydrogen-bond acceptors (Lipinski definition) is 6. The van der Waals surface area contributed by atoms with Gasteiger partial charge in [0.2, 0.25) is 0 Å². The Morgan fingerprint density at radius 3 is 2.86 bits per heavy atom. The molecule has 6 nitrogen and oxygen atoms in total. The third-order valence-electron chi connectivity index (χ3n) is 4.08. The molecule has 2 heterocycles. The maximum absolute atomic E-state index is 11.9. The van der Waals surface area contributed by atoms with Crippen LogP contribution >= 0.6 is 0 Å². The van der Waals surface area contributed by atoms with Crippen LogP contribution in [-0.4, -0.2) is 55.2 Å². The van der Waals surface area contributed by atoms with Crippen LogP contribution in [0.4, 0.5) is 11.5 Å². The molecule has 1 fully saturated rings. The molecule has 1 saturated heterocycles. The molecule has 0 amide bonds. The second kappa shape index (κ2) is 6.76. The molecule has 1 aliphatic rings. The Kier molecular flexibility index (Phi) is 5.01. The van der Waals surface area contributed by atoms with Gasteiger partial charge < -0.3 is 15.4 Å². The number of ether oxygens (including phenoxy) is 1. The molecule has 0 aliphatic carbocycles. The lowest BCUT2D eigenvalue weighted by Crippen LogP contribution is -2.37. The van der Waals surface area contributed by atoms with E-state index in [0.717, 1.165) is 32.6 Å². The molecule has 116 valence electrons. The van der Waals surface area contributed by atoms with Crippen LogP contribution in [0.1, 0.15) is 30.6 Å². The predicted molar refractivity (Wildman–Crippen MR) is 83.5 cm³/mol. The molecular weight excluding hydrogens is 268 g/mol. The van der Waals surface area contributed by atoms with Gasteiger partial charge in [0.05, 0.1) is 19.0 Å². The van der Waals surface area contributed by atoms with Crippen molar-refractivity contribution in [3.8, 4) is 0 Å².